The zero-order chi connectivity index (χ0) is 13.0. The number of ether oxygens (including phenoxy) is 1. The van der Waals surface area contributed by atoms with Gasteiger partial charge < -0.3 is 9.64 Å². The van der Waals surface area contributed by atoms with Gasteiger partial charge in [-0.25, -0.2) is 0 Å². The predicted octanol–water partition coefficient (Wildman–Crippen LogP) is 2.39. The molecule has 1 unspecified atom stereocenters. The van der Waals surface area contributed by atoms with Crippen LogP contribution in [0.3, 0.4) is 0 Å². The first-order valence-electron chi connectivity index (χ1n) is 6.63. The van der Waals surface area contributed by atoms with Gasteiger partial charge in [-0.2, -0.15) is 0 Å². The first-order valence-corrected chi connectivity index (χ1v) is 6.63. The van der Waals surface area contributed by atoms with Gasteiger partial charge in [0.25, 0.3) is 0 Å². The number of nitrogens with zero attached hydrogens (tertiary/aromatic N) is 1. The third-order valence-electron chi connectivity index (χ3n) is 3.41. The van der Waals surface area contributed by atoms with E-state index in [-0.39, 0.29) is 12.0 Å². The van der Waals surface area contributed by atoms with Crippen molar-refractivity contribution < 1.29 is 9.53 Å². The van der Waals surface area contributed by atoms with Crippen LogP contribution in [-0.2, 0) is 22.6 Å². The van der Waals surface area contributed by atoms with Crippen molar-refractivity contribution in [2.24, 2.45) is 0 Å². The lowest BCUT2D eigenvalue weighted by atomic mass is 9.99. The summed E-state index contributed by atoms with van der Waals surface area (Å²) in [6.07, 6.45) is 2.56. The average Bonchev–Trinajstić information content (AvgIpc) is 2.39. The molecule has 1 amide bonds. The summed E-state index contributed by atoms with van der Waals surface area (Å²) < 4.78 is 5.81. The fourth-order valence-electron chi connectivity index (χ4n) is 2.34. The van der Waals surface area contributed by atoms with Crippen LogP contribution in [0.15, 0.2) is 24.3 Å². The second-order valence-electron chi connectivity index (χ2n) is 4.93. The Hall–Kier alpha value is -1.35. The first-order chi connectivity index (χ1) is 8.70. The highest BCUT2D eigenvalue weighted by Gasteiger charge is 2.21. The molecule has 0 N–H and O–H groups in total. The lowest BCUT2D eigenvalue weighted by Crippen LogP contribution is -2.38. The molecule has 1 heterocycles. The fraction of sp³-hybridized carbons (Fsp3) is 0.533. The van der Waals surface area contributed by atoms with Crippen LogP contribution in [0.1, 0.15) is 30.9 Å². The molecule has 1 aliphatic heterocycles. The lowest BCUT2D eigenvalue weighted by molar-refractivity contribution is -0.132. The molecule has 1 aliphatic rings. The topological polar surface area (TPSA) is 29.5 Å². The number of benzene rings is 1. The van der Waals surface area contributed by atoms with Gasteiger partial charge in [-0.05, 0) is 17.5 Å². The molecule has 0 aromatic heterocycles. The van der Waals surface area contributed by atoms with Gasteiger partial charge in [0, 0.05) is 26.4 Å². The Morgan fingerprint density at radius 3 is 2.83 bits per heavy atom. The third kappa shape index (κ3) is 3.10. The average molecular weight is 247 g/mol. The number of likely N-dealkylation sites (N-methyl/N-ethyl adjacent to an activating group) is 1. The molecule has 0 fully saturated rings. The van der Waals surface area contributed by atoms with Gasteiger partial charge >= 0.3 is 0 Å². The monoisotopic (exact) mass is 247 g/mol. The van der Waals surface area contributed by atoms with Crippen molar-refractivity contribution in [2.45, 2.75) is 38.9 Å². The molecule has 1 aromatic rings. The zero-order valence-electron chi connectivity index (χ0n) is 11.2. The Morgan fingerprint density at radius 2 is 2.11 bits per heavy atom. The predicted molar refractivity (Wildman–Crippen MR) is 71.3 cm³/mol. The van der Waals surface area contributed by atoms with E-state index in [9.17, 15) is 4.79 Å². The van der Waals surface area contributed by atoms with Crippen LogP contribution in [0.2, 0.25) is 0 Å². The lowest BCUT2D eigenvalue weighted by Gasteiger charge is -2.29. The van der Waals surface area contributed by atoms with Crippen molar-refractivity contribution in [1.82, 2.24) is 4.90 Å². The van der Waals surface area contributed by atoms with Gasteiger partial charge in [-0.1, -0.05) is 31.2 Å². The van der Waals surface area contributed by atoms with Gasteiger partial charge in [0.1, 0.15) is 0 Å². The minimum Gasteiger partial charge on any atom is -0.371 e. The summed E-state index contributed by atoms with van der Waals surface area (Å²) in [5, 5.41) is 0. The molecule has 0 saturated carbocycles. The highest BCUT2D eigenvalue weighted by molar-refractivity contribution is 5.75. The Bertz CT molecular complexity index is 417. The zero-order valence-corrected chi connectivity index (χ0v) is 11.2. The molecule has 0 spiro atoms. The van der Waals surface area contributed by atoms with Crippen LogP contribution in [0.25, 0.3) is 0 Å². The van der Waals surface area contributed by atoms with E-state index in [0.29, 0.717) is 19.6 Å². The summed E-state index contributed by atoms with van der Waals surface area (Å²) in [5.74, 6) is 0.208. The summed E-state index contributed by atoms with van der Waals surface area (Å²) in [7, 11) is 1.86. The smallest absolute Gasteiger partial charge is 0.222 e. The quantitative estimate of drug-likeness (QED) is 0.817. The van der Waals surface area contributed by atoms with E-state index in [1.807, 2.05) is 20.0 Å². The van der Waals surface area contributed by atoms with Crippen molar-refractivity contribution >= 4 is 5.91 Å². The molecule has 3 nitrogen and oxygen atoms in total. The number of amides is 1. The van der Waals surface area contributed by atoms with Crippen LogP contribution in [0.4, 0.5) is 0 Å². The summed E-state index contributed by atoms with van der Waals surface area (Å²) >= 11 is 0. The van der Waals surface area contributed by atoms with E-state index in [0.717, 1.165) is 12.8 Å². The van der Waals surface area contributed by atoms with Crippen molar-refractivity contribution in [2.75, 3.05) is 13.6 Å². The standard InChI is InChI=1S/C15H21NO2/c1-3-6-15(17)16(2)10-14-9-12-7-4-5-8-13(12)11-18-14/h4-5,7-8,14H,3,6,9-11H2,1-2H3. The molecular formula is C15H21NO2. The largest absolute Gasteiger partial charge is 0.371 e. The van der Waals surface area contributed by atoms with E-state index in [4.69, 9.17) is 4.74 Å². The highest BCUT2D eigenvalue weighted by Crippen LogP contribution is 2.20. The van der Waals surface area contributed by atoms with Crippen molar-refractivity contribution in [3.05, 3.63) is 35.4 Å². The molecule has 0 saturated heterocycles. The van der Waals surface area contributed by atoms with Crippen molar-refractivity contribution in [3.63, 3.8) is 0 Å². The highest BCUT2D eigenvalue weighted by atomic mass is 16.5. The molecule has 0 aliphatic carbocycles. The second kappa shape index (κ2) is 6.01. The van der Waals surface area contributed by atoms with Crippen LogP contribution in [-0.4, -0.2) is 30.5 Å². The maximum absolute atomic E-state index is 11.7. The summed E-state index contributed by atoms with van der Waals surface area (Å²) in [6, 6.07) is 8.36. The Balaban J connectivity index is 1.91. The molecule has 0 bridgehead atoms. The molecule has 98 valence electrons. The van der Waals surface area contributed by atoms with Gasteiger partial charge in [0.05, 0.1) is 12.7 Å². The van der Waals surface area contributed by atoms with Crippen molar-refractivity contribution in [3.8, 4) is 0 Å². The molecule has 0 radical (unpaired) electrons. The molecule has 1 aromatic carbocycles. The van der Waals surface area contributed by atoms with Gasteiger partial charge in [0.15, 0.2) is 0 Å². The normalized spacial score (nSPS) is 18.2. The number of fused-ring (bicyclic) bond motifs is 1. The number of hydrogen-bond donors (Lipinski definition) is 0. The summed E-state index contributed by atoms with van der Waals surface area (Å²) in [6.45, 7) is 3.38. The molecule has 3 heteroatoms. The molecule has 18 heavy (non-hydrogen) atoms. The van der Waals surface area contributed by atoms with Crippen LogP contribution in [0.5, 0.6) is 0 Å². The maximum Gasteiger partial charge on any atom is 0.222 e. The van der Waals surface area contributed by atoms with Crippen LogP contribution >= 0.6 is 0 Å². The van der Waals surface area contributed by atoms with E-state index in [1.165, 1.54) is 11.1 Å². The summed E-state index contributed by atoms with van der Waals surface area (Å²) in [5.41, 5.74) is 2.63. The van der Waals surface area contributed by atoms with E-state index in [1.54, 1.807) is 4.90 Å². The van der Waals surface area contributed by atoms with Gasteiger partial charge in [-0.15, -0.1) is 0 Å². The Kier molecular flexibility index (Phi) is 4.37. The minimum absolute atomic E-state index is 0.130. The maximum atomic E-state index is 11.7. The minimum atomic E-state index is 0.130. The number of carbonyl (C=O) groups excluding carboxylic acids is 1. The van der Waals surface area contributed by atoms with E-state index < -0.39 is 0 Å². The SMILES string of the molecule is CCCC(=O)N(C)CC1Cc2ccccc2CO1. The molecule has 2 rings (SSSR count). The summed E-state index contributed by atoms with van der Waals surface area (Å²) in [4.78, 5) is 13.5. The first kappa shape index (κ1) is 13.1. The second-order valence-corrected chi connectivity index (χ2v) is 4.93. The molecular weight excluding hydrogens is 226 g/mol. The third-order valence-corrected chi connectivity index (χ3v) is 3.41. The van der Waals surface area contributed by atoms with Gasteiger partial charge in [-0.3, -0.25) is 4.79 Å². The van der Waals surface area contributed by atoms with Crippen LogP contribution in [0, 0.1) is 0 Å². The molecule has 1 atom stereocenters. The van der Waals surface area contributed by atoms with E-state index in [2.05, 4.69) is 18.2 Å². The van der Waals surface area contributed by atoms with Crippen molar-refractivity contribution in [1.29, 1.82) is 0 Å². The van der Waals surface area contributed by atoms with Gasteiger partial charge in [0.2, 0.25) is 5.91 Å². The fourth-order valence-corrected chi connectivity index (χ4v) is 2.34. The van der Waals surface area contributed by atoms with E-state index >= 15 is 0 Å². The number of carbonyl (C=O) groups is 1. The van der Waals surface area contributed by atoms with Crippen LogP contribution < -0.4 is 0 Å². The number of rotatable bonds is 4. The Labute approximate surface area is 109 Å². The Morgan fingerprint density at radius 1 is 1.39 bits per heavy atom. The number of hydrogen-bond acceptors (Lipinski definition) is 2.